The molecule has 3 amide bonds. The number of amides is 3. The van der Waals surface area contributed by atoms with E-state index in [0.29, 0.717) is 19.5 Å². The SMILES string of the molecule is CC(C)(C)/C=C/C(=O)NCCCNC(=O)CNC(=O)OC(C)(C)C. The van der Waals surface area contributed by atoms with Gasteiger partial charge in [0.05, 0.1) is 6.54 Å². The minimum atomic E-state index is -0.629. The van der Waals surface area contributed by atoms with Crippen LogP contribution in [0.25, 0.3) is 0 Å². The Kier molecular flexibility index (Phi) is 9.10. The fourth-order valence-corrected chi connectivity index (χ4v) is 1.44. The first-order valence-corrected chi connectivity index (χ1v) is 8.10. The summed E-state index contributed by atoms with van der Waals surface area (Å²) in [7, 11) is 0. The van der Waals surface area contributed by atoms with Crippen molar-refractivity contribution in [3.8, 4) is 0 Å². The Bertz CT molecular complexity index is 459. The van der Waals surface area contributed by atoms with Crippen LogP contribution in [0.5, 0.6) is 0 Å². The van der Waals surface area contributed by atoms with Crippen LogP contribution in [-0.2, 0) is 14.3 Å². The van der Waals surface area contributed by atoms with Crippen molar-refractivity contribution < 1.29 is 19.1 Å². The summed E-state index contributed by atoms with van der Waals surface area (Å²) in [6.45, 7) is 12.0. The molecule has 0 bridgehead atoms. The van der Waals surface area contributed by atoms with Crippen LogP contribution in [0.4, 0.5) is 4.79 Å². The molecule has 0 saturated carbocycles. The highest BCUT2D eigenvalue weighted by atomic mass is 16.6. The summed E-state index contributed by atoms with van der Waals surface area (Å²) >= 11 is 0. The van der Waals surface area contributed by atoms with E-state index in [-0.39, 0.29) is 23.8 Å². The van der Waals surface area contributed by atoms with Gasteiger partial charge in [-0.1, -0.05) is 26.8 Å². The van der Waals surface area contributed by atoms with Crippen molar-refractivity contribution in [1.29, 1.82) is 0 Å². The lowest BCUT2D eigenvalue weighted by Gasteiger charge is -2.19. The van der Waals surface area contributed by atoms with Crippen LogP contribution in [0.2, 0.25) is 0 Å². The average molecular weight is 341 g/mol. The number of alkyl carbamates (subject to hydrolysis) is 1. The van der Waals surface area contributed by atoms with Gasteiger partial charge in [-0.15, -0.1) is 0 Å². The predicted molar refractivity (Wildman–Crippen MR) is 93.5 cm³/mol. The highest BCUT2D eigenvalue weighted by Gasteiger charge is 2.16. The summed E-state index contributed by atoms with van der Waals surface area (Å²) in [5, 5.41) is 7.77. The van der Waals surface area contributed by atoms with Crippen molar-refractivity contribution in [3.05, 3.63) is 12.2 Å². The van der Waals surface area contributed by atoms with E-state index in [1.807, 2.05) is 26.8 Å². The van der Waals surface area contributed by atoms with Crippen molar-refractivity contribution in [2.24, 2.45) is 5.41 Å². The molecular weight excluding hydrogens is 310 g/mol. The molecule has 7 nitrogen and oxygen atoms in total. The van der Waals surface area contributed by atoms with Crippen LogP contribution in [0.15, 0.2) is 12.2 Å². The molecule has 0 aliphatic heterocycles. The van der Waals surface area contributed by atoms with Gasteiger partial charge in [-0.05, 0) is 38.7 Å². The monoisotopic (exact) mass is 341 g/mol. The molecule has 0 unspecified atom stereocenters. The van der Waals surface area contributed by atoms with E-state index in [0.717, 1.165) is 0 Å². The van der Waals surface area contributed by atoms with E-state index in [9.17, 15) is 14.4 Å². The number of carbonyl (C=O) groups is 3. The first kappa shape index (κ1) is 21.9. The molecule has 0 spiro atoms. The maximum Gasteiger partial charge on any atom is 0.408 e. The van der Waals surface area contributed by atoms with Gasteiger partial charge in [0, 0.05) is 13.1 Å². The fourth-order valence-electron chi connectivity index (χ4n) is 1.44. The predicted octanol–water partition coefficient (Wildman–Crippen LogP) is 1.74. The fraction of sp³-hybridized carbons (Fsp3) is 0.706. The third kappa shape index (κ3) is 14.9. The van der Waals surface area contributed by atoms with Gasteiger partial charge < -0.3 is 20.7 Å². The van der Waals surface area contributed by atoms with Crippen LogP contribution >= 0.6 is 0 Å². The summed E-state index contributed by atoms with van der Waals surface area (Å²) in [5.41, 5.74) is -0.632. The van der Waals surface area contributed by atoms with Crippen molar-refractivity contribution in [1.82, 2.24) is 16.0 Å². The molecule has 0 fully saturated rings. The maximum absolute atomic E-state index is 11.5. The molecule has 24 heavy (non-hydrogen) atoms. The third-order valence-corrected chi connectivity index (χ3v) is 2.50. The normalized spacial score (nSPS) is 11.9. The largest absolute Gasteiger partial charge is 0.444 e. The zero-order valence-corrected chi connectivity index (χ0v) is 15.6. The summed E-state index contributed by atoms with van der Waals surface area (Å²) in [6.07, 6.45) is 3.33. The molecule has 138 valence electrons. The van der Waals surface area contributed by atoms with Crippen LogP contribution in [0.3, 0.4) is 0 Å². The summed E-state index contributed by atoms with van der Waals surface area (Å²) in [5.74, 6) is -0.456. The molecule has 0 aromatic rings. The minimum Gasteiger partial charge on any atom is -0.444 e. The molecule has 7 heteroatoms. The number of hydrogen-bond acceptors (Lipinski definition) is 4. The molecule has 0 atom stereocenters. The van der Waals surface area contributed by atoms with Crippen LogP contribution < -0.4 is 16.0 Å². The lowest BCUT2D eigenvalue weighted by Crippen LogP contribution is -2.40. The average Bonchev–Trinajstić information content (AvgIpc) is 2.40. The Balaban J connectivity index is 3.75. The molecule has 0 heterocycles. The van der Waals surface area contributed by atoms with Crippen LogP contribution in [0, 0.1) is 5.41 Å². The number of ether oxygens (including phenoxy) is 1. The van der Waals surface area contributed by atoms with Gasteiger partial charge in [-0.3, -0.25) is 9.59 Å². The van der Waals surface area contributed by atoms with Gasteiger partial charge in [0.15, 0.2) is 0 Å². The lowest BCUT2D eigenvalue weighted by atomic mass is 9.96. The van der Waals surface area contributed by atoms with Crippen molar-refractivity contribution in [2.75, 3.05) is 19.6 Å². The Morgan fingerprint density at radius 3 is 2.04 bits per heavy atom. The highest BCUT2D eigenvalue weighted by molar-refractivity contribution is 5.87. The van der Waals surface area contributed by atoms with Gasteiger partial charge in [0.2, 0.25) is 11.8 Å². The molecule has 3 N–H and O–H groups in total. The smallest absolute Gasteiger partial charge is 0.408 e. The second-order valence-electron chi connectivity index (χ2n) is 7.55. The molecule has 0 aromatic heterocycles. The van der Waals surface area contributed by atoms with Gasteiger partial charge in [0.25, 0.3) is 0 Å². The number of nitrogens with one attached hydrogen (secondary N) is 3. The second kappa shape index (κ2) is 9.95. The molecule has 0 rings (SSSR count). The Hall–Kier alpha value is -2.05. The van der Waals surface area contributed by atoms with Gasteiger partial charge in [0.1, 0.15) is 5.60 Å². The van der Waals surface area contributed by atoms with E-state index in [1.54, 1.807) is 20.8 Å². The molecule has 0 saturated heterocycles. The first-order valence-electron chi connectivity index (χ1n) is 8.10. The van der Waals surface area contributed by atoms with E-state index in [1.165, 1.54) is 6.08 Å². The lowest BCUT2D eigenvalue weighted by molar-refractivity contribution is -0.120. The molecule has 0 aromatic carbocycles. The van der Waals surface area contributed by atoms with E-state index in [4.69, 9.17) is 4.74 Å². The summed E-state index contributed by atoms with van der Waals surface area (Å²) < 4.78 is 5.02. The van der Waals surface area contributed by atoms with Crippen molar-refractivity contribution in [3.63, 3.8) is 0 Å². The number of hydrogen-bond donors (Lipinski definition) is 3. The van der Waals surface area contributed by atoms with Gasteiger partial charge in [-0.2, -0.15) is 0 Å². The quantitative estimate of drug-likeness (QED) is 0.485. The molecule has 0 aliphatic rings. The van der Waals surface area contributed by atoms with Crippen LogP contribution in [0.1, 0.15) is 48.0 Å². The topological polar surface area (TPSA) is 96.5 Å². The second-order valence-corrected chi connectivity index (χ2v) is 7.55. The standard InChI is InChI=1S/C17H31N3O4/c1-16(2,3)9-8-13(21)18-10-7-11-19-14(22)12-20-15(23)24-17(4,5)6/h8-9H,7,10-12H2,1-6H3,(H,18,21)(H,19,22)(H,20,23)/b9-8+. The van der Waals surface area contributed by atoms with E-state index >= 15 is 0 Å². The Morgan fingerprint density at radius 2 is 1.50 bits per heavy atom. The van der Waals surface area contributed by atoms with Gasteiger partial charge in [-0.25, -0.2) is 4.79 Å². The van der Waals surface area contributed by atoms with Crippen molar-refractivity contribution >= 4 is 17.9 Å². The number of allylic oxidation sites excluding steroid dienone is 1. The minimum absolute atomic E-state index is 0.0353. The zero-order valence-electron chi connectivity index (χ0n) is 15.6. The van der Waals surface area contributed by atoms with Crippen LogP contribution in [-0.4, -0.2) is 43.1 Å². The summed E-state index contributed by atoms with van der Waals surface area (Å²) in [4.78, 5) is 34.5. The number of carbonyl (C=O) groups excluding carboxylic acids is 3. The number of rotatable bonds is 7. The molecule has 0 aliphatic carbocycles. The van der Waals surface area contributed by atoms with E-state index < -0.39 is 11.7 Å². The van der Waals surface area contributed by atoms with Crippen molar-refractivity contribution in [2.45, 2.75) is 53.6 Å². The summed E-state index contributed by atoms with van der Waals surface area (Å²) in [6, 6.07) is 0. The Morgan fingerprint density at radius 1 is 0.917 bits per heavy atom. The highest BCUT2D eigenvalue weighted by Crippen LogP contribution is 2.13. The zero-order chi connectivity index (χ0) is 18.8. The van der Waals surface area contributed by atoms with Gasteiger partial charge >= 0.3 is 6.09 Å². The maximum atomic E-state index is 11.5. The first-order chi connectivity index (χ1) is 10.9. The third-order valence-electron chi connectivity index (χ3n) is 2.50. The van der Waals surface area contributed by atoms with E-state index in [2.05, 4.69) is 16.0 Å². The molecular formula is C17H31N3O4. The Labute approximate surface area is 144 Å². The molecule has 0 radical (unpaired) electrons.